The zero-order chi connectivity index (χ0) is 17.3. The van der Waals surface area contributed by atoms with Crippen LogP contribution in [0.15, 0.2) is 30.6 Å². The van der Waals surface area contributed by atoms with Crippen LogP contribution in [0.2, 0.25) is 0 Å². The normalized spacial score (nSPS) is 20.1. The molecule has 1 aromatic heterocycles. The number of carbonyl (C=O) groups is 2. The molecule has 3 rings (SSSR count). The molecule has 24 heavy (non-hydrogen) atoms. The summed E-state index contributed by atoms with van der Waals surface area (Å²) in [5.74, 6) is -0.572. The second-order valence-corrected chi connectivity index (χ2v) is 6.20. The van der Waals surface area contributed by atoms with E-state index in [4.69, 9.17) is 5.73 Å². The largest absolute Gasteiger partial charge is 0.366 e. The Hall–Kier alpha value is -2.67. The number of amides is 2. The van der Waals surface area contributed by atoms with Gasteiger partial charge in [-0.25, -0.2) is 0 Å². The summed E-state index contributed by atoms with van der Waals surface area (Å²) in [6.45, 7) is 3.18. The number of nitrogens with two attached hydrogens (primary N) is 1. The predicted octanol–water partition coefficient (Wildman–Crippen LogP) is 0.769. The van der Waals surface area contributed by atoms with Crippen molar-refractivity contribution in [2.75, 3.05) is 18.4 Å². The second kappa shape index (κ2) is 6.45. The summed E-state index contributed by atoms with van der Waals surface area (Å²) in [6, 6.07) is 5.10. The Morgan fingerprint density at radius 2 is 2.17 bits per heavy atom. The van der Waals surface area contributed by atoms with E-state index >= 15 is 0 Å². The van der Waals surface area contributed by atoms with Crippen molar-refractivity contribution in [3.05, 3.63) is 47.3 Å². The Bertz CT molecular complexity index is 783. The number of primary amides is 1. The molecule has 0 saturated carbocycles. The standard InChI is InChI=1S/C17H21N5O2/c1-10-5-12(3-4-13(10)16(18)23)21-17(24)15-8-19-7-14(15)11-6-20-22(2)9-11/h3-6,9,14-15,19H,7-8H2,1-2H3,(H2,18,23)(H,21,24)/t14-,15+/m1/s1. The molecular weight excluding hydrogens is 306 g/mol. The minimum absolute atomic E-state index is 0.0416. The zero-order valence-electron chi connectivity index (χ0n) is 13.7. The van der Waals surface area contributed by atoms with Crippen LogP contribution in [0.1, 0.15) is 27.4 Å². The van der Waals surface area contributed by atoms with Gasteiger partial charge in [-0.1, -0.05) is 0 Å². The lowest BCUT2D eigenvalue weighted by Gasteiger charge is -2.17. The van der Waals surface area contributed by atoms with E-state index < -0.39 is 5.91 Å². The molecule has 4 N–H and O–H groups in total. The second-order valence-electron chi connectivity index (χ2n) is 6.20. The molecule has 126 valence electrons. The lowest BCUT2D eigenvalue weighted by molar-refractivity contribution is -0.119. The van der Waals surface area contributed by atoms with E-state index in [0.29, 0.717) is 17.8 Å². The minimum Gasteiger partial charge on any atom is -0.366 e. The van der Waals surface area contributed by atoms with Gasteiger partial charge in [0, 0.05) is 43.5 Å². The van der Waals surface area contributed by atoms with Crippen molar-refractivity contribution in [1.82, 2.24) is 15.1 Å². The number of hydrogen-bond donors (Lipinski definition) is 3. The van der Waals surface area contributed by atoms with Crippen molar-refractivity contribution >= 4 is 17.5 Å². The maximum Gasteiger partial charge on any atom is 0.248 e. The van der Waals surface area contributed by atoms with Crippen LogP contribution in [0, 0.1) is 12.8 Å². The third-order valence-electron chi connectivity index (χ3n) is 4.46. The molecule has 1 aliphatic heterocycles. The molecule has 0 unspecified atom stereocenters. The highest BCUT2D eigenvalue weighted by atomic mass is 16.2. The number of anilines is 1. The first-order chi connectivity index (χ1) is 11.5. The average molecular weight is 327 g/mol. The summed E-state index contributed by atoms with van der Waals surface area (Å²) in [7, 11) is 1.87. The van der Waals surface area contributed by atoms with E-state index in [-0.39, 0.29) is 17.7 Å². The number of carbonyl (C=O) groups excluding carboxylic acids is 2. The molecule has 1 fully saturated rings. The van der Waals surface area contributed by atoms with E-state index in [2.05, 4.69) is 15.7 Å². The van der Waals surface area contributed by atoms with Gasteiger partial charge in [0.05, 0.1) is 12.1 Å². The Balaban J connectivity index is 1.74. The van der Waals surface area contributed by atoms with Crippen molar-refractivity contribution in [2.24, 2.45) is 18.7 Å². The van der Waals surface area contributed by atoms with E-state index in [1.165, 1.54) is 0 Å². The molecule has 0 aliphatic carbocycles. The smallest absolute Gasteiger partial charge is 0.248 e. The molecule has 0 spiro atoms. The SMILES string of the molecule is Cc1cc(NC(=O)[C@H]2CNC[C@@H]2c2cnn(C)c2)ccc1C(N)=O. The molecule has 7 nitrogen and oxygen atoms in total. The lowest BCUT2D eigenvalue weighted by atomic mass is 9.90. The van der Waals surface area contributed by atoms with Gasteiger partial charge >= 0.3 is 0 Å². The third-order valence-corrected chi connectivity index (χ3v) is 4.46. The molecule has 0 bridgehead atoms. The maximum atomic E-state index is 12.7. The molecule has 2 atom stereocenters. The summed E-state index contributed by atoms with van der Waals surface area (Å²) in [6.07, 6.45) is 3.76. The molecular formula is C17H21N5O2. The fourth-order valence-corrected chi connectivity index (χ4v) is 3.19. The molecule has 2 heterocycles. The summed E-state index contributed by atoms with van der Waals surface area (Å²) in [4.78, 5) is 24.0. The molecule has 7 heteroatoms. The third kappa shape index (κ3) is 3.16. The van der Waals surface area contributed by atoms with Crippen LogP contribution in [0.25, 0.3) is 0 Å². The molecule has 2 aromatic rings. The van der Waals surface area contributed by atoms with Gasteiger partial charge in [0.15, 0.2) is 0 Å². The minimum atomic E-state index is -0.470. The highest BCUT2D eigenvalue weighted by Crippen LogP contribution is 2.29. The van der Waals surface area contributed by atoms with Crippen molar-refractivity contribution < 1.29 is 9.59 Å². The molecule has 1 saturated heterocycles. The van der Waals surface area contributed by atoms with Gasteiger partial charge in [-0.05, 0) is 36.2 Å². The van der Waals surface area contributed by atoms with Crippen LogP contribution in [0.4, 0.5) is 5.69 Å². The zero-order valence-corrected chi connectivity index (χ0v) is 13.7. The first kappa shape index (κ1) is 16.2. The van der Waals surface area contributed by atoms with E-state index in [1.807, 2.05) is 19.4 Å². The van der Waals surface area contributed by atoms with E-state index in [9.17, 15) is 9.59 Å². The molecule has 1 aromatic carbocycles. The quantitative estimate of drug-likeness (QED) is 0.772. The molecule has 1 aliphatic rings. The van der Waals surface area contributed by atoms with Crippen LogP contribution in [-0.2, 0) is 11.8 Å². The van der Waals surface area contributed by atoms with Gasteiger partial charge in [0.1, 0.15) is 0 Å². The number of rotatable bonds is 4. The van der Waals surface area contributed by atoms with Crippen LogP contribution in [0.5, 0.6) is 0 Å². The first-order valence-corrected chi connectivity index (χ1v) is 7.86. The fraction of sp³-hybridized carbons (Fsp3) is 0.353. The average Bonchev–Trinajstić information content (AvgIpc) is 3.15. The van der Waals surface area contributed by atoms with Gasteiger partial charge in [-0.15, -0.1) is 0 Å². The number of nitrogens with zero attached hydrogens (tertiary/aromatic N) is 2. The number of nitrogens with one attached hydrogen (secondary N) is 2. The number of hydrogen-bond acceptors (Lipinski definition) is 4. The van der Waals surface area contributed by atoms with Crippen molar-refractivity contribution in [3.8, 4) is 0 Å². The van der Waals surface area contributed by atoms with Gasteiger partial charge in [0.25, 0.3) is 0 Å². The van der Waals surface area contributed by atoms with Crippen LogP contribution < -0.4 is 16.4 Å². The van der Waals surface area contributed by atoms with Crippen molar-refractivity contribution in [3.63, 3.8) is 0 Å². The topological polar surface area (TPSA) is 102 Å². The fourth-order valence-electron chi connectivity index (χ4n) is 3.19. The molecule has 0 radical (unpaired) electrons. The monoisotopic (exact) mass is 327 g/mol. The number of aryl methyl sites for hydroxylation is 2. The summed E-state index contributed by atoms with van der Waals surface area (Å²) < 4.78 is 1.74. The van der Waals surface area contributed by atoms with Crippen LogP contribution in [-0.4, -0.2) is 34.7 Å². The van der Waals surface area contributed by atoms with E-state index in [0.717, 1.165) is 17.7 Å². The highest BCUT2D eigenvalue weighted by Gasteiger charge is 2.34. The first-order valence-electron chi connectivity index (χ1n) is 7.86. The summed E-state index contributed by atoms with van der Waals surface area (Å²) in [5, 5.41) is 10.4. The summed E-state index contributed by atoms with van der Waals surface area (Å²) >= 11 is 0. The van der Waals surface area contributed by atoms with Gasteiger partial charge < -0.3 is 16.4 Å². The maximum absolute atomic E-state index is 12.7. The van der Waals surface area contributed by atoms with Crippen LogP contribution in [0.3, 0.4) is 0 Å². The van der Waals surface area contributed by atoms with Crippen molar-refractivity contribution in [2.45, 2.75) is 12.8 Å². The Kier molecular flexibility index (Phi) is 4.35. The number of aromatic nitrogens is 2. The van der Waals surface area contributed by atoms with Gasteiger partial charge in [-0.2, -0.15) is 5.10 Å². The number of benzene rings is 1. The Morgan fingerprint density at radius 3 is 2.79 bits per heavy atom. The molecule has 2 amide bonds. The van der Waals surface area contributed by atoms with Gasteiger partial charge in [-0.3, -0.25) is 14.3 Å². The van der Waals surface area contributed by atoms with Crippen molar-refractivity contribution in [1.29, 1.82) is 0 Å². The highest BCUT2D eigenvalue weighted by molar-refractivity contribution is 5.97. The van der Waals surface area contributed by atoms with E-state index in [1.54, 1.807) is 29.8 Å². The Labute approximate surface area is 140 Å². The van der Waals surface area contributed by atoms with Crippen LogP contribution >= 0.6 is 0 Å². The predicted molar refractivity (Wildman–Crippen MR) is 90.6 cm³/mol. The van der Waals surface area contributed by atoms with Gasteiger partial charge in [0.2, 0.25) is 11.8 Å². The Morgan fingerprint density at radius 1 is 1.38 bits per heavy atom. The summed E-state index contributed by atoms with van der Waals surface area (Å²) in [5.41, 5.74) is 8.24. The lowest BCUT2D eigenvalue weighted by Crippen LogP contribution is -2.28.